The molecule has 5 aliphatic rings. The van der Waals surface area contributed by atoms with Crippen molar-refractivity contribution in [3.63, 3.8) is 0 Å². The highest BCUT2D eigenvalue weighted by Crippen LogP contribution is 2.59. The van der Waals surface area contributed by atoms with Crippen LogP contribution in [0.4, 0.5) is 0 Å². The molecule has 0 radical (unpaired) electrons. The summed E-state index contributed by atoms with van der Waals surface area (Å²) in [7, 11) is 0. The Morgan fingerprint density at radius 3 is 2.21 bits per heavy atom. The normalized spacial score (nSPS) is 33.4. The summed E-state index contributed by atoms with van der Waals surface area (Å²) in [6.07, 6.45) is -8.95. The van der Waals surface area contributed by atoms with Gasteiger partial charge in [0, 0.05) is 24.1 Å². The van der Waals surface area contributed by atoms with Gasteiger partial charge in [-0.25, -0.2) is 0 Å². The summed E-state index contributed by atoms with van der Waals surface area (Å²) < 4.78 is 30.9. The first-order valence-corrected chi connectivity index (χ1v) is 20.6. The van der Waals surface area contributed by atoms with Gasteiger partial charge in [-0.05, 0) is 18.1 Å². The van der Waals surface area contributed by atoms with Crippen LogP contribution in [-0.4, -0.2) is 153 Å². The van der Waals surface area contributed by atoms with Crippen LogP contribution in [0.2, 0.25) is 0 Å². The summed E-state index contributed by atoms with van der Waals surface area (Å²) in [4.78, 5) is 49.1. The van der Waals surface area contributed by atoms with Gasteiger partial charge in [-0.1, -0.05) is 97.1 Å². The number of ether oxygens (including phenoxy) is 5. The van der Waals surface area contributed by atoms with Crippen LogP contribution >= 0.6 is 0 Å². The lowest BCUT2D eigenvalue weighted by molar-refractivity contribution is -0.298. The number of carbonyl (C=O) groups excluding carboxylic acids is 3. The number of hydrogen-bond donors (Lipinski definition) is 8. The van der Waals surface area contributed by atoms with E-state index in [2.05, 4.69) is 10.6 Å². The fraction of sp³-hybridized carbons (Fsp3) is 0.477. The first-order chi connectivity index (χ1) is 29.9. The third kappa shape index (κ3) is 7.95. The van der Waals surface area contributed by atoms with Gasteiger partial charge in [-0.2, -0.15) is 5.06 Å². The van der Waals surface area contributed by atoms with E-state index < -0.39 is 109 Å². The molecule has 3 aromatic carbocycles. The van der Waals surface area contributed by atoms with Gasteiger partial charge < -0.3 is 65.0 Å². The molecule has 3 aromatic rings. The Hall–Kier alpha value is -4.67. The largest absolute Gasteiger partial charge is 0.458 e. The van der Waals surface area contributed by atoms with E-state index in [1.54, 1.807) is 36.4 Å². The number of fused-ring (bicyclic) bond motifs is 4. The number of esters is 1. The van der Waals surface area contributed by atoms with Crippen LogP contribution in [0.5, 0.6) is 0 Å². The molecule has 2 amide bonds. The Morgan fingerprint density at radius 1 is 0.919 bits per heavy atom. The summed E-state index contributed by atoms with van der Waals surface area (Å²) >= 11 is 0. The van der Waals surface area contributed by atoms with E-state index in [9.17, 15) is 45.0 Å². The molecular weight excluding hydrogens is 810 g/mol. The van der Waals surface area contributed by atoms with Crippen molar-refractivity contribution in [3.05, 3.63) is 113 Å². The van der Waals surface area contributed by atoms with Crippen molar-refractivity contribution in [2.24, 2.45) is 5.41 Å². The Kier molecular flexibility index (Phi) is 12.9. The summed E-state index contributed by atoms with van der Waals surface area (Å²) in [5.74, 6) is -3.68. The van der Waals surface area contributed by atoms with Crippen molar-refractivity contribution in [3.8, 4) is 0 Å². The number of amides is 2. The number of nitrogens with one attached hydrogen (secondary N) is 2. The lowest BCUT2D eigenvalue weighted by atomic mass is 9.62. The average Bonchev–Trinajstić information content (AvgIpc) is 3.87. The van der Waals surface area contributed by atoms with Gasteiger partial charge in [0.25, 0.3) is 0 Å². The number of rotatable bonds is 15. The second-order valence-corrected chi connectivity index (χ2v) is 16.1. The Balaban J connectivity index is 1.07. The summed E-state index contributed by atoms with van der Waals surface area (Å²) in [6.45, 7) is 0.275. The molecule has 8 N–H and O–H groups in total. The monoisotopic (exact) mass is 861 g/mol. The molecule has 1 saturated carbocycles. The lowest BCUT2D eigenvalue weighted by Gasteiger charge is -2.49. The van der Waals surface area contributed by atoms with E-state index in [4.69, 9.17) is 28.5 Å². The molecule has 0 spiro atoms. The van der Waals surface area contributed by atoms with Crippen LogP contribution in [0.15, 0.2) is 91.0 Å². The quantitative estimate of drug-likeness (QED) is 0.0851. The van der Waals surface area contributed by atoms with E-state index in [0.717, 1.165) is 5.56 Å². The van der Waals surface area contributed by atoms with Gasteiger partial charge >= 0.3 is 5.97 Å². The van der Waals surface area contributed by atoms with Crippen molar-refractivity contribution in [1.29, 1.82) is 0 Å². The highest BCUT2D eigenvalue weighted by Gasteiger charge is 2.76. The zero-order valence-corrected chi connectivity index (χ0v) is 33.7. The highest BCUT2D eigenvalue weighted by molar-refractivity contribution is 5.96. The van der Waals surface area contributed by atoms with Crippen LogP contribution in [0.25, 0.3) is 6.08 Å². The molecule has 4 aliphatic heterocycles. The molecule has 332 valence electrons. The molecule has 2 bridgehead atoms. The molecular formula is C44H51N3O15. The number of carbonyl (C=O) groups is 3. The number of benzene rings is 3. The van der Waals surface area contributed by atoms with Crippen molar-refractivity contribution in [2.75, 3.05) is 26.4 Å². The summed E-state index contributed by atoms with van der Waals surface area (Å²) in [5, 5.41) is 66.4. The fourth-order valence-corrected chi connectivity index (χ4v) is 9.11. The second-order valence-electron chi connectivity index (χ2n) is 16.1. The molecule has 13 unspecified atom stereocenters. The number of hydroxylamine groups is 2. The third-order valence-corrected chi connectivity index (χ3v) is 12.2. The van der Waals surface area contributed by atoms with Crippen LogP contribution in [0.3, 0.4) is 0 Å². The minimum absolute atomic E-state index is 0.0117. The predicted octanol–water partition coefficient (Wildman–Crippen LogP) is -1.02. The standard InChI is InChI=1S/C44H51N3O15/c1-24(50)31(39(54)45-18-19-48)46-42(56)43-21-29-35-36(61-44(60-35,27-10-4-2-5-11-27)28-12-6-3-7-13-28)38(43)62-47(37(43)40(55)58-29)22-26-16-14-25(15-17-26)9-8-20-57-41-34(53)33(52)32(51)30(23-49)59-41/h2-17,24,29-38,41,48-53H,18-23H2,1H3,(H,45,54)(H,46,56). The van der Waals surface area contributed by atoms with Gasteiger partial charge in [0.15, 0.2) is 12.3 Å². The molecule has 0 aromatic heterocycles. The molecule has 1 aliphatic carbocycles. The molecule has 4 saturated heterocycles. The van der Waals surface area contributed by atoms with Crippen molar-refractivity contribution < 1.29 is 73.5 Å². The minimum Gasteiger partial charge on any atom is -0.458 e. The number of nitrogens with zero attached hydrogens (tertiary/aromatic N) is 1. The zero-order chi connectivity index (χ0) is 43.8. The lowest BCUT2D eigenvalue weighted by Crippen LogP contribution is -2.71. The molecule has 13 atom stereocenters. The third-order valence-electron chi connectivity index (χ3n) is 12.2. The van der Waals surface area contributed by atoms with Gasteiger partial charge in [-0.15, -0.1) is 0 Å². The van der Waals surface area contributed by atoms with E-state index in [0.29, 0.717) is 16.7 Å². The maximum atomic E-state index is 14.9. The first kappa shape index (κ1) is 44.0. The van der Waals surface area contributed by atoms with Crippen LogP contribution in [0.1, 0.15) is 35.6 Å². The topological polar surface area (TPSA) is 255 Å². The van der Waals surface area contributed by atoms with E-state index in [1.165, 1.54) is 12.0 Å². The van der Waals surface area contributed by atoms with Crippen LogP contribution in [0, 0.1) is 5.41 Å². The molecule has 18 heteroatoms. The van der Waals surface area contributed by atoms with E-state index in [1.807, 2.05) is 60.7 Å². The van der Waals surface area contributed by atoms with Gasteiger partial charge in [0.1, 0.15) is 60.3 Å². The van der Waals surface area contributed by atoms with Crippen molar-refractivity contribution in [1.82, 2.24) is 15.7 Å². The Morgan fingerprint density at radius 2 is 1.58 bits per heavy atom. The SMILES string of the molecule is CC(O)C(NC(=O)C12CC3OC(=O)C1N(Cc1ccc(C=CCOC4OC(CO)C(O)C(O)C4O)cc1)OC2C1OC(c2ccccc2)(c2ccccc2)OC31)C(=O)NCCO. The van der Waals surface area contributed by atoms with Gasteiger partial charge in [0.05, 0.1) is 32.5 Å². The fourth-order valence-electron chi connectivity index (χ4n) is 9.11. The molecule has 4 heterocycles. The maximum Gasteiger partial charge on any atom is 0.327 e. The summed E-state index contributed by atoms with van der Waals surface area (Å²) in [6, 6.07) is 23.0. The van der Waals surface area contributed by atoms with E-state index in [-0.39, 0.29) is 32.7 Å². The first-order valence-electron chi connectivity index (χ1n) is 20.6. The van der Waals surface area contributed by atoms with Crippen molar-refractivity contribution >= 4 is 23.9 Å². The van der Waals surface area contributed by atoms with Crippen molar-refractivity contribution in [2.45, 2.75) is 99.0 Å². The summed E-state index contributed by atoms with van der Waals surface area (Å²) in [5.41, 5.74) is 1.07. The van der Waals surface area contributed by atoms with E-state index >= 15 is 0 Å². The van der Waals surface area contributed by atoms with Crippen LogP contribution < -0.4 is 10.6 Å². The van der Waals surface area contributed by atoms with Crippen LogP contribution in [-0.2, 0) is 55.2 Å². The zero-order valence-electron chi connectivity index (χ0n) is 33.7. The predicted molar refractivity (Wildman–Crippen MR) is 213 cm³/mol. The number of aliphatic hydroxyl groups is 6. The Bertz CT molecular complexity index is 2030. The smallest absolute Gasteiger partial charge is 0.327 e. The second kappa shape index (κ2) is 18.2. The average molecular weight is 862 g/mol. The maximum absolute atomic E-state index is 14.9. The van der Waals surface area contributed by atoms with Gasteiger partial charge in [0.2, 0.25) is 17.6 Å². The molecule has 5 fully saturated rings. The Labute approximate surface area is 356 Å². The molecule has 8 rings (SSSR count). The number of aliphatic hydroxyl groups excluding tert-OH is 6. The minimum atomic E-state index is -1.69. The van der Waals surface area contributed by atoms with Gasteiger partial charge in [-0.3, -0.25) is 19.2 Å². The molecule has 18 nitrogen and oxygen atoms in total. The number of hydrogen-bond acceptors (Lipinski definition) is 16. The highest BCUT2D eigenvalue weighted by atomic mass is 16.8. The molecule has 62 heavy (non-hydrogen) atoms.